The van der Waals surface area contributed by atoms with Crippen molar-refractivity contribution in [3.63, 3.8) is 0 Å². The van der Waals surface area contributed by atoms with Crippen LogP contribution in [-0.2, 0) is 4.79 Å². The van der Waals surface area contributed by atoms with Crippen LogP contribution in [0.5, 0.6) is 0 Å². The predicted molar refractivity (Wildman–Crippen MR) is 110 cm³/mol. The van der Waals surface area contributed by atoms with E-state index in [0.29, 0.717) is 23.6 Å². The van der Waals surface area contributed by atoms with Gasteiger partial charge in [0.25, 0.3) is 5.91 Å². The fourth-order valence-corrected chi connectivity index (χ4v) is 4.13. The lowest BCUT2D eigenvalue weighted by molar-refractivity contribution is -0.112. The number of likely N-dealkylation sites (N-methyl/N-ethyl adjacent to an activating group) is 1. The molecule has 0 atom stereocenters. The maximum Gasteiger partial charge on any atom is 0.279 e. The smallest absolute Gasteiger partial charge is 0.279 e. The fraction of sp³-hybridized carbons (Fsp3) is 0.190. The van der Waals surface area contributed by atoms with E-state index in [9.17, 15) is 9.18 Å². The first-order chi connectivity index (χ1) is 13.6. The van der Waals surface area contributed by atoms with Crippen molar-refractivity contribution in [2.75, 3.05) is 18.0 Å². The highest BCUT2D eigenvalue weighted by Gasteiger charge is 2.33. The van der Waals surface area contributed by atoms with Crippen LogP contribution >= 0.6 is 11.3 Å². The predicted octanol–water partition coefficient (Wildman–Crippen LogP) is 3.90. The molecule has 0 bridgehead atoms. The molecule has 7 heteroatoms. The van der Waals surface area contributed by atoms with Crippen LogP contribution in [0.15, 0.2) is 64.0 Å². The van der Waals surface area contributed by atoms with E-state index in [1.54, 1.807) is 21.7 Å². The maximum atomic E-state index is 13.4. The van der Waals surface area contributed by atoms with Crippen LogP contribution in [0.25, 0.3) is 11.3 Å². The summed E-state index contributed by atoms with van der Waals surface area (Å²) in [6.07, 6.45) is 0. The minimum atomic E-state index is -0.297. The minimum Gasteiger partial charge on any atom is -0.307 e. The first kappa shape index (κ1) is 18.3. The van der Waals surface area contributed by atoms with Crippen molar-refractivity contribution in [3.05, 3.63) is 70.1 Å². The van der Waals surface area contributed by atoms with Gasteiger partial charge in [-0.1, -0.05) is 18.2 Å². The standard InChI is InChI=1S/C21H19FN4OS/c1-3-23-21-26(18(13-28-21)14-9-11-15(22)12-10-14)24-19-16-7-5-6-8-17(16)25(4-2)20(19)27/h5-13H,3-4H2,1-2H3. The molecule has 3 aromatic rings. The summed E-state index contributed by atoms with van der Waals surface area (Å²) in [6.45, 7) is 5.06. The number of amides is 1. The molecule has 2 heterocycles. The molecule has 0 N–H and O–H groups in total. The second-order valence-corrected chi connectivity index (χ2v) is 7.05. The Kier molecular flexibility index (Phi) is 4.92. The first-order valence-corrected chi connectivity index (χ1v) is 9.99. The molecule has 142 valence electrons. The van der Waals surface area contributed by atoms with Crippen molar-refractivity contribution in [1.82, 2.24) is 4.68 Å². The molecule has 1 aliphatic heterocycles. The number of anilines is 1. The quantitative estimate of drug-likeness (QED) is 0.662. The number of carbonyl (C=O) groups is 1. The molecule has 0 fully saturated rings. The molecule has 1 aromatic heterocycles. The van der Waals surface area contributed by atoms with Gasteiger partial charge in [0.05, 0.1) is 11.4 Å². The molecule has 0 aliphatic carbocycles. The summed E-state index contributed by atoms with van der Waals surface area (Å²) in [6, 6.07) is 13.9. The van der Waals surface area contributed by atoms with Crippen molar-refractivity contribution in [3.8, 4) is 11.3 Å². The Bertz CT molecular complexity index is 1130. The van der Waals surface area contributed by atoms with Crippen LogP contribution < -0.4 is 9.70 Å². The number of nitrogens with zero attached hydrogens (tertiary/aromatic N) is 4. The molecular formula is C21H19FN4OS. The van der Waals surface area contributed by atoms with Gasteiger partial charge in [-0.3, -0.25) is 9.79 Å². The largest absolute Gasteiger partial charge is 0.307 e. The lowest BCUT2D eigenvalue weighted by Crippen LogP contribution is -2.30. The lowest BCUT2D eigenvalue weighted by atomic mass is 10.1. The molecule has 0 saturated heterocycles. The molecule has 28 heavy (non-hydrogen) atoms. The number of hydrogen-bond donors (Lipinski definition) is 0. The molecule has 0 saturated carbocycles. The summed E-state index contributed by atoms with van der Waals surface area (Å²) in [5, 5.41) is 6.65. The van der Waals surface area contributed by atoms with Gasteiger partial charge in [0.15, 0.2) is 5.71 Å². The summed E-state index contributed by atoms with van der Waals surface area (Å²) in [7, 11) is 0. The van der Waals surface area contributed by atoms with Crippen molar-refractivity contribution in [2.24, 2.45) is 10.1 Å². The lowest BCUT2D eigenvalue weighted by Gasteiger charge is -2.13. The normalized spacial score (nSPS) is 15.5. The zero-order chi connectivity index (χ0) is 19.7. The summed E-state index contributed by atoms with van der Waals surface area (Å²) in [5.74, 6) is -0.427. The highest BCUT2D eigenvalue weighted by Crippen LogP contribution is 2.29. The third kappa shape index (κ3) is 3.07. The van der Waals surface area contributed by atoms with Gasteiger partial charge in [-0.2, -0.15) is 5.10 Å². The Balaban J connectivity index is 1.92. The molecule has 1 amide bonds. The van der Waals surface area contributed by atoms with Gasteiger partial charge in [-0.05, 0) is 44.2 Å². The first-order valence-electron chi connectivity index (χ1n) is 9.11. The Hall–Kier alpha value is -3.06. The van der Waals surface area contributed by atoms with Gasteiger partial charge in [-0.25, -0.2) is 9.07 Å². The number of carbonyl (C=O) groups excluding carboxylic acids is 1. The maximum absolute atomic E-state index is 13.4. The summed E-state index contributed by atoms with van der Waals surface area (Å²) in [4.78, 5) is 19.9. The summed E-state index contributed by atoms with van der Waals surface area (Å²) in [5.41, 5.74) is 3.63. The number of fused-ring (bicyclic) bond motifs is 1. The van der Waals surface area contributed by atoms with Crippen molar-refractivity contribution in [1.29, 1.82) is 0 Å². The molecule has 0 spiro atoms. The van der Waals surface area contributed by atoms with Gasteiger partial charge in [-0.15, -0.1) is 11.3 Å². The fourth-order valence-electron chi connectivity index (χ4n) is 3.23. The molecular weight excluding hydrogens is 375 g/mol. The molecule has 4 rings (SSSR count). The van der Waals surface area contributed by atoms with Crippen molar-refractivity contribution in [2.45, 2.75) is 13.8 Å². The molecule has 0 unspecified atom stereocenters. The zero-order valence-electron chi connectivity index (χ0n) is 15.6. The third-order valence-electron chi connectivity index (χ3n) is 4.53. The second kappa shape index (κ2) is 7.52. The number of benzene rings is 2. The molecule has 1 aliphatic rings. The number of rotatable bonds is 4. The Morgan fingerprint density at radius 1 is 1.07 bits per heavy atom. The SMILES string of the molecule is CCN=c1scc(-c2ccc(F)cc2)n1N=C1C(=O)N(CC)c2ccccc21. The van der Waals surface area contributed by atoms with Crippen LogP contribution in [0.2, 0.25) is 0 Å². The Morgan fingerprint density at radius 2 is 1.82 bits per heavy atom. The number of aromatic nitrogens is 1. The number of para-hydroxylation sites is 1. The van der Waals surface area contributed by atoms with Gasteiger partial charge in [0.1, 0.15) is 5.82 Å². The van der Waals surface area contributed by atoms with Crippen LogP contribution in [0.3, 0.4) is 0 Å². The second-order valence-electron chi connectivity index (χ2n) is 6.21. The minimum absolute atomic E-state index is 0.130. The monoisotopic (exact) mass is 394 g/mol. The van der Waals surface area contributed by atoms with E-state index in [1.165, 1.54) is 23.5 Å². The number of thiazole rings is 1. The molecule has 2 aromatic carbocycles. The van der Waals surface area contributed by atoms with E-state index in [1.807, 2.05) is 43.5 Å². The highest BCUT2D eigenvalue weighted by molar-refractivity contribution is 7.07. The van der Waals surface area contributed by atoms with E-state index >= 15 is 0 Å². The van der Waals surface area contributed by atoms with Gasteiger partial charge in [0, 0.05) is 29.6 Å². The Labute approximate surface area is 166 Å². The van der Waals surface area contributed by atoms with Gasteiger partial charge < -0.3 is 4.90 Å². The number of hydrogen-bond acceptors (Lipinski definition) is 4. The summed E-state index contributed by atoms with van der Waals surface area (Å²) < 4.78 is 15.0. The van der Waals surface area contributed by atoms with Gasteiger partial charge >= 0.3 is 0 Å². The van der Waals surface area contributed by atoms with E-state index < -0.39 is 0 Å². The van der Waals surface area contributed by atoms with Crippen LogP contribution in [-0.4, -0.2) is 29.4 Å². The van der Waals surface area contributed by atoms with Crippen molar-refractivity contribution >= 4 is 28.6 Å². The van der Waals surface area contributed by atoms with E-state index in [4.69, 9.17) is 5.10 Å². The third-order valence-corrected chi connectivity index (χ3v) is 5.39. The molecule has 0 radical (unpaired) electrons. The molecule has 5 nitrogen and oxygen atoms in total. The van der Waals surface area contributed by atoms with Crippen LogP contribution in [0.1, 0.15) is 19.4 Å². The Morgan fingerprint density at radius 3 is 2.54 bits per heavy atom. The van der Waals surface area contributed by atoms with Gasteiger partial charge in [0.2, 0.25) is 4.80 Å². The zero-order valence-corrected chi connectivity index (χ0v) is 16.4. The van der Waals surface area contributed by atoms with Crippen LogP contribution in [0.4, 0.5) is 10.1 Å². The average Bonchev–Trinajstić information content (AvgIpc) is 3.22. The number of halogens is 1. The summed E-state index contributed by atoms with van der Waals surface area (Å²) >= 11 is 1.44. The van der Waals surface area contributed by atoms with Crippen molar-refractivity contribution < 1.29 is 9.18 Å². The van der Waals surface area contributed by atoms with E-state index in [2.05, 4.69) is 4.99 Å². The van der Waals surface area contributed by atoms with E-state index in [-0.39, 0.29) is 11.7 Å². The van der Waals surface area contributed by atoms with Crippen LogP contribution in [0, 0.1) is 5.82 Å². The topological polar surface area (TPSA) is 50.0 Å². The average molecular weight is 394 g/mol. The highest BCUT2D eigenvalue weighted by atomic mass is 32.1. The van der Waals surface area contributed by atoms with E-state index in [0.717, 1.165) is 22.5 Å².